The largest absolute Gasteiger partial charge is 0.481 e. The normalized spacial score (nSPS) is 14.0. The van der Waals surface area contributed by atoms with Crippen LogP contribution in [0.5, 0.6) is 0 Å². The highest BCUT2D eigenvalue weighted by Crippen LogP contribution is 2.37. The molecule has 7 heteroatoms. The zero-order chi connectivity index (χ0) is 23.1. The van der Waals surface area contributed by atoms with Crippen molar-refractivity contribution in [2.75, 3.05) is 0 Å². The minimum Gasteiger partial charge on any atom is -0.481 e. The molecule has 1 aromatic rings. The maximum atomic E-state index is 12.1. The maximum Gasteiger partial charge on any atom is 0.345 e. The second-order valence-corrected chi connectivity index (χ2v) is 7.79. The molecule has 0 amide bonds. The number of hydrogen-bond acceptors (Lipinski definition) is 4. The Hall–Kier alpha value is -2.70. The molecule has 0 bridgehead atoms. The number of aromatic nitrogens is 2. The van der Waals surface area contributed by atoms with Crippen LogP contribution in [0, 0.1) is 17.0 Å². The molecule has 1 aromatic heterocycles. The topological polar surface area (TPSA) is 109 Å². The van der Waals surface area contributed by atoms with Crippen molar-refractivity contribution in [3.63, 3.8) is 0 Å². The van der Waals surface area contributed by atoms with Crippen LogP contribution in [-0.4, -0.2) is 26.0 Å². The molecule has 0 aliphatic heterocycles. The lowest BCUT2D eigenvalue weighted by molar-refractivity contribution is -0.390. The highest BCUT2D eigenvalue weighted by Gasteiger charge is 2.45. The molecule has 0 saturated carbocycles. The Bertz CT molecular complexity index is 780. The minimum atomic E-state index is -1.36. The van der Waals surface area contributed by atoms with Crippen LogP contribution >= 0.6 is 0 Å². The molecular formula is C24H37N3O4. The number of nitrogens with one attached hydrogen (secondary N) is 1. The zero-order valence-corrected chi connectivity index (χ0v) is 19.1. The fraction of sp³-hybridized carbons (Fsp3) is 0.583. The number of carboxylic acids is 1. The van der Waals surface area contributed by atoms with Crippen molar-refractivity contribution >= 4 is 11.8 Å². The van der Waals surface area contributed by atoms with Crippen LogP contribution in [0.25, 0.3) is 0 Å². The third-order valence-corrected chi connectivity index (χ3v) is 5.44. The lowest BCUT2D eigenvalue weighted by Crippen LogP contribution is -2.36. The maximum absolute atomic E-state index is 12.1. The Kier molecular flexibility index (Phi) is 12.2. The number of allylic oxidation sites excluding steroid dienone is 6. The molecular weight excluding hydrogens is 394 g/mol. The van der Waals surface area contributed by atoms with Gasteiger partial charge in [-0.1, -0.05) is 63.1 Å². The monoisotopic (exact) mass is 431 g/mol. The zero-order valence-electron chi connectivity index (χ0n) is 19.1. The fourth-order valence-corrected chi connectivity index (χ4v) is 3.58. The Morgan fingerprint density at radius 1 is 1.06 bits per heavy atom. The molecule has 0 saturated heterocycles. The van der Waals surface area contributed by atoms with Crippen molar-refractivity contribution in [2.24, 2.45) is 0 Å². The number of aromatic amines is 1. The lowest BCUT2D eigenvalue weighted by atomic mass is 9.77. The smallest absolute Gasteiger partial charge is 0.345 e. The summed E-state index contributed by atoms with van der Waals surface area (Å²) < 4.78 is 0. The van der Waals surface area contributed by atoms with Gasteiger partial charge in [0, 0.05) is 6.92 Å². The Morgan fingerprint density at radius 2 is 1.65 bits per heavy atom. The van der Waals surface area contributed by atoms with E-state index in [1.54, 1.807) is 13.8 Å². The first kappa shape index (κ1) is 26.3. The minimum absolute atomic E-state index is 0.0275. The van der Waals surface area contributed by atoms with Crippen molar-refractivity contribution in [3.8, 4) is 0 Å². The molecule has 172 valence electrons. The second-order valence-electron chi connectivity index (χ2n) is 7.79. The van der Waals surface area contributed by atoms with E-state index in [2.05, 4.69) is 47.3 Å². The van der Waals surface area contributed by atoms with Crippen LogP contribution in [0.2, 0.25) is 0 Å². The first-order valence-corrected chi connectivity index (χ1v) is 11.3. The summed E-state index contributed by atoms with van der Waals surface area (Å²) in [6, 6.07) is 0. The van der Waals surface area contributed by atoms with Gasteiger partial charge in [-0.3, -0.25) is 4.79 Å². The number of H-pyrrole nitrogens is 1. The van der Waals surface area contributed by atoms with E-state index in [1.165, 1.54) is 19.3 Å². The van der Waals surface area contributed by atoms with Gasteiger partial charge in [0.2, 0.25) is 0 Å². The number of aliphatic carboxylic acids is 1. The van der Waals surface area contributed by atoms with E-state index in [0.29, 0.717) is 18.7 Å². The van der Waals surface area contributed by atoms with Gasteiger partial charge in [-0.25, -0.2) is 9.97 Å². The molecule has 0 aliphatic carbocycles. The Balaban J connectivity index is 2.51. The first-order chi connectivity index (χ1) is 14.9. The number of rotatable bonds is 16. The molecule has 1 heterocycles. The van der Waals surface area contributed by atoms with Crippen molar-refractivity contribution in [3.05, 3.63) is 58.1 Å². The van der Waals surface area contributed by atoms with Gasteiger partial charge in [0.05, 0.1) is 0 Å². The van der Waals surface area contributed by atoms with E-state index in [0.717, 1.165) is 25.7 Å². The third kappa shape index (κ3) is 8.52. The number of nitro groups is 1. The Labute approximate surface area is 185 Å². The van der Waals surface area contributed by atoms with Gasteiger partial charge < -0.3 is 15.2 Å². The molecule has 1 unspecified atom stereocenters. The van der Waals surface area contributed by atoms with Gasteiger partial charge in [0.15, 0.2) is 11.5 Å². The number of carbonyl (C=O) groups is 1. The average Bonchev–Trinajstić information content (AvgIpc) is 3.13. The fourth-order valence-electron chi connectivity index (χ4n) is 3.58. The molecule has 0 aromatic carbocycles. The van der Waals surface area contributed by atoms with E-state index < -0.39 is 16.3 Å². The van der Waals surface area contributed by atoms with E-state index in [-0.39, 0.29) is 17.9 Å². The van der Waals surface area contributed by atoms with E-state index in [1.807, 2.05) is 6.08 Å². The van der Waals surface area contributed by atoms with Gasteiger partial charge in [-0.15, -0.1) is 0 Å². The summed E-state index contributed by atoms with van der Waals surface area (Å²) in [5, 5.41) is 21.2. The number of aryl methyl sites for hydroxylation is 1. The molecule has 0 fully saturated rings. The van der Waals surface area contributed by atoms with Gasteiger partial charge in [-0.2, -0.15) is 0 Å². The number of unbranched alkanes of at least 4 members (excludes halogenated alkanes) is 4. The van der Waals surface area contributed by atoms with Crippen LogP contribution in [0.15, 0.2) is 36.5 Å². The highest BCUT2D eigenvalue weighted by molar-refractivity contribution is 5.82. The number of nitrogens with zero attached hydrogens (tertiary/aromatic N) is 2. The standard InChI is InChI=1S/C24H37N3O4/c1-4-6-7-8-9-10-11-12-13-14-15-16-17-18-19-24(5-2,23(28)29)21-22(27(30)31)26-20(3)25-21/h9-10,12-13,15-16H,4-8,11,14,17-19H2,1-3H3,(H,25,26)(H,28,29)/b10-9-,13-12-,16-15-. The van der Waals surface area contributed by atoms with E-state index in [4.69, 9.17) is 0 Å². The summed E-state index contributed by atoms with van der Waals surface area (Å²) in [5.41, 5.74) is -1.33. The predicted octanol–water partition coefficient (Wildman–Crippen LogP) is 6.56. The van der Waals surface area contributed by atoms with Crippen LogP contribution in [0.4, 0.5) is 5.82 Å². The van der Waals surface area contributed by atoms with E-state index in [9.17, 15) is 20.0 Å². The lowest BCUT2D eigenvalue weighted by Gasteiger charge is -2.25. The third-order valence-electron chi connectivity index (χ3n) is 5.44. The number of carboxylic acid groups (broad SMARTS) is 1. The van der Waals surface area contributed by atoms with Crippen molar-refractivity contribution in [2.45, 2.75) is 90.4 Å². The summed E-state index contributed by atoms with van der Waals surface area (Å²) in [6.45, 7) is 5.54. The summed E-state index contributed by atoms with van der Waals surface area (Å²) >= 11 is 0. The van der Waals surface area contributed by atoms with Gasteiger partial charge in [0.1, 0.15) is 5.41 Å². The predicted molar refractivity (Wildman–Crippen MR) is 124 cm³/mol. The quantitative estimate of drug-likeness (QED) is 0.133. The second kappa shape index (κ2) is 14.3. The van der Waals surface area contributed by atoms with Gasteiger partial charge in [0.25, 0.3) is 0 Å². The van der Waals surface area contributed by atoms with Gasteiger partial charge in [-0.05, 0) is 56.3 Å². The Morgan fingerprint density at radius 3 is 2.16 bits per heavy atom. The summed E-state index contributed by atoms with van der Waals surface area (Å²) in [7, 11) is 0. The molecule has 1 rings (SSSR count). The summed E-state index contributed by atoms with van der Waals surface area (Å²) in [5.74, 6) is -1.04. The summed E-state index contributed by atoms with van der Waals surface area (Å²) in [4.78, 5) is 29.6. The average molecular weight is 432 g/mol. The van der Waals surface area contributed by atoms with Gasteiger partial charge >= 0.3 is 11.8 Å². The first-order valence-electron chi connectivity index (χ1n) is 11.3. The van der Waals surface area contributed by atoms with Crippen LogP contribution in [0.1, 0.15) is 89.6 Å². The molecule has 1 atom stereocenters. The molecule has 0 spiro atoms. The summed E-state index contributed by atoms with van der Waals surface area (Å²) in [6.07, 6.45) is 21.4. The van der Waals surface area contributed by atoms with Crippen LogP contribution in [0.3, 0.4) is 0 Å². The molecule has 31 heavy (non-hydrogen) atoms. The number of hydrogen-bond donors (Lipinski definition) is 2. The molecule has 2 N–H and O–H groups in total. The van der Waals surface area contributed by atoms with E-state index >= 15 is 0 Å². The van der Waals surface area contributed by atoms with Crippen molar-refractivity contribution in [1.29, 1.82) is 0 Å². The highest BCUT2D eigenvalue weighted by atomic mass is 16.6. The molecule has 0 radical (unpaired) electrons. The molecule has 0 aliphatic rings. The van der Waals surface area contributed by atoms with Crippen LogP contribution in [-0.2, 0) is 10.2 Å². The number of imidazole rings is 1. The molecule has 7 nitrogen and oxygen atoms in total. The van der Waals surface area contributed by atoms with Crippen molar-refractivity contribution in [1.82, 2.24) is 9.97 Å². The van der Waals surface area contributed by atoms with Crippen LogP contribution < -0.4 is 0 Å². The SMILES string of the molecule is CCCCC/C=C\C/C=C\C/C=C\CCCC(CC)(C(=O)O)c1nc(C)[nH]c1[N+](=O)[O-]. The van der Waals surface area contributed by atoms with Crippen molar-refractivity contribution < 1.29 is 14.8 Å².